The molecule has 0 radical (unpaired) electrons. The Labute approximate surface area is 149 Å². The van der Waals surface area contributed by atoms with Crippen LogP contribution in [-0.4, -0.2) is 30.2 Å². The van der Waals surface area contributed by atoms with E-state index >= 15 is 0 Å². The Morgan fingerprint density at radius 2 is 2.00 bits per heavy atom. The molecule has 3 N–H and O–H groups in total. The summed E-state index contributed by atoms with van der Waals surface area (Å²) in [5.41, 5.74) is 2.58. The van der Waals surface area contributed by atoms with Crippen molar-refractivity contribution in [3.05, 3.63) is 29.3 Å². The minimum atomic E-state index is -0.521. The predicted octanol–water partition coefficient (Wildman–Crippen LogP) is 3.14. The lowest BCUT2D eigenvalue weighted by Gasteiger charge is -2.20. The number of anilines is 1. The normalized spacial score (nSPS) is 16.5. The average molecular weight is 347 g/mol. The maximum Gasteiger partial charge on any atom is 0.412 e. The Hall–Kier alpha value is -2.08. The number of carbonyl (C=O) groups excluding carboxylic acids is 2. The first-order valence-electron chi connectivity index (χ1n) is 8.79. The molecular formula is C19H29N3O3. The van der Waals surface area contributed by atoms with E-state index in [1.807, 2.05) is 52.8 Å². The zero-order chi connectivity index (χ0) is 18.6. The zero-order valence-corrected chi connectivity index (χ0v) is 15.7. The summed E-state index contributed by atoms with van der Waals surface area (Å²) in [6, 6.07) is 6.18. The molecule has 0 fully saturated rings. The quantitative estimate of drug-likeness (QED) is 0.764. The van der Waals surface area contributed by atoms with E-state index in [9.17, 15) is 9.59 Å². The van der Waals surface area contributed by atoms with E-state index in [0.717, 1.165) is 18.5 Å². The van der Waals surface area contributed by atoms with Gasteiger partial charge in [0.1, 0.15) is 5.60 Å². The van der Waals surface area contributed by atoms with Crippen LogP contribution in [0.15, 0.2) is 18.2 Å². The molecule has 1 unspecified atom stereocenters. The predicted molar refractivity (Wildman–Crippen MR) is 98.6 cm³/mol. The van der Waals surface area contributed by atoms with Crippen molar-refractivity contribution in [2.75, 3.05) is 11.9 Å². The van der Waals surface area contributed by atoms with Crippen molar-refractivity contribution in [3.8, 4) is 0 Å². The van der Waals surface area contributed by atoms with Gasteiger partial charge in [-0.15, -0.1) is 0 Å². The van der Waals surface area contributed by atoms with Gasteiger partial charge in [-0.2, -0.15) is 0 Å². The van der Waals surface area contributed by atoms with Crippen LogP contribution in [0.4, 0.5) is 10.5 Å². The van der Waals surface area contributed by atoms with Crippen molar-refractivity contribution in [3.63, 3.8) is 0 Å². The maximum absolute atomic E-state index is 11.9. The summed E-state index contributed by atoms with van der Waals surface area (Å²) in [6.45, 7) is 9.70. The number of rotatable bonds is 5. The van der Waals surface area contributed by atoms with E-state index in [0.29, 0.717) is 6.54 Å². The Kier molecular flexibility index (Phi) is 6.06. The van der Waals surface area contributed by atoms with Crippen molar-refractivity contribution in [1.29, 1.82) is 0 Å². The molecule has 0 aliphatic heterocycles. The highest BCUT2D eigenvalue weighted by atomic mass is 16.6. The van der Waals surface area contributed by atoms with Crippen LogP contribution < -0.4 is 16.0 Å². The topological polar surface area (TPSA) is 79.5 Å². The standard InChI is InChI=1S/C19H29N3O3/c1-12(2)21-17(23)11-20-16-9-6-13-10-14(7-8-15(13)16)22-18(24)25-19(3,4)5/h7-8,10,12,16,20H,6,9,11H2,1-5H3,(H,21,23)(H,22,24). The van der Waals surface area contributed by atoms with Gasteiger partial charge in [0.25, 0.3) is 0 Å². The molecular weight excluding hydrogens is 318 g/mol. The van der Waals surface area contributed by atoms with Gasteiger partial charge in [-0.1, -0.05) is 6.07 Å². The number of nitrogens with one attached hydrogen (secondary N) is 3. The van der Waals surface area contributed by atoms with Gasteiger partial charge in [-0.05, 0) is 70.7 Å². The van der Waals surface area contributed by atoms with Crippen molar-refractivity contribution in [2.24, 2.45) is 0 Å². The molecule has 0 spiro atoms. The number of benzene rings is 1. The molecule has 1 aliphatic rings. The van der Waals surface area contributed by atoms with Crippen LogP contribution in [0.1, 0.15) is 58.2 Å². The molecule has 1 aliphatic carbocycles. The van der Waals surface area contributed by atoms with Crippen molar-refractivity contribution < 1.29 is 14.3 Å². The van der Waals surface area contributed by atoms with E-state index in [-0.39, 0.29) is 18.0 Å². The fraction of sp³-hybridized carbons (Fsp3) is 0.579. The second kappa shape index (κ2) is 7.87. The summed E-state index contributed by atoms with van der Waals surface area (Å²) in [5.74, 6) is 0.00617. The van der Waals surface area contributed by atoms with Gasteiger partial charge in [-0.25, -0.2) is 4.79 Å². The number of hydrogen-bond acceptors (Lipinski definition) is 4. The average Bonchev–Trinajstić information content (AvgIpc) is 2.84. The molecule has 0 heterocycles. The van der Waals surface area contributed by atoms with Gasteiger partial charge in [0, 0.05) is 17.8 Å². The molecule has 1 aromatic rings. The molecule has 1 atom stereocenters. The third-order valence-electron chi connectivity index (χ3n) is 3.82. The molecule has 0 bridgehead atoms. The number of hydrogen-bond donors (Lipinski definition) is 3. The summed E-state index contributed by atoms with van der Waals surface area (Å²) >= 11 is 0. The first-order chi connectivity index (χ1) is 11.6. The largest absolute Gasteiger partial charge is 0.444 e. The van der Waals surface area contributed by atoms with Gasteiger partial charge >= 0.3 is 6.09 Å². The Morgan fingerprint density at radius 1 is 1.28 bits per heavy atom. The lowest BCUT2D eigenvalue weighted by atomic mass is 10.1. The molecule has 6 nitrogen and oxygen atoms in total. The van der Waals surface area contributed by atoms with Crippen molar-refractivity contribution >= 4 is 17.7 Å². The Balaban J connectivity index is 1.93. The number of carbonyl (C=O) groups is 2. The fourth-order valence-electron chi connectivity index (χ4n) is 2.92. The first kappa shape index (κ1) is 19.2. The third kappa shape index (κ3) is 6.05. The minimum absolute atomic E-state index is 0.00617. The molecule has 6 heteroatoms. The van der Waals surface area contributed by atoms with Gasteiger partial charge in [0.05, 0.1) is 6.54 Å². The van der Waals surface area contributed by atoms with Crippen molar-refractivity contribution in [2.45, 2.75) is 65.1 Å². The van der Waals surface area contributed by atoms with E-state index in [2.05, 4.69) is 16.0 Å². The Morgan fingerprint density at radius 3 is 2.64 bits per heavy atom. The number of ether oxygens (including phenoxy) is 1. The molecule has 0 aromatic heterocycles. The highest BCUT2D eigenvalue weighted by Gasteiger charge is 2.23. The lowest BCUT2D eigenvalue weighted by molar-refractivity contribution is -0.120. The van der Waals surface area contributed by atoms with Gasteiger partial charge in [0.15, 0.2) is 0 Å². The second-order valence-electron chi connectivity index (χ2n) is 7.73. The molecule has 2 amide bonds. The van der Waals surface area contributed by atoms with Gasteiger partial charge in [0.2, 0.25) is 5.91 Å². The van der Waals surface area contributed by atoms with E-state index < -0.39 is 11.7 Å². The summed E-state index contributed by atoms with van der Waals surface area (Å²) < 4.78 is 5.27. The molecule has 2 rings (SSSR count). The molecule has 1 aromatic carbocycles. The molecule has 138 valence electrons. The minimum Gasteiger partial charge on any atom is -0.444 e. The van der Waals surface area contributed by atoms with Gasteiger partial charge in [-0.3, -0.25) is 10.1 Å². The van der Waals surface area contributed by atoms with E-state index in [1.165, 1.54) is 11.1 Å². The second-order valence-corrected chi connectivity index (χ2v) is 7.73. The SMILES string of the molecule is CC(C)NC(=O)CNC1CCc2cc(NC(=O)OC(C)(C)C)ccc21. The van der Waals surface area contributed by atoms with Crippen molar-refractivity contribution in [1.82, 2.24) is 10.6 Å². The van der Waals surface area contributed by atoms with Crippen LogP contribution in [0.2, 0.25) is 0 Å². The van der Waals surface area contributed by atoms with Crippen LogP contribution in [0.25, 0.3) is 0 Å². The lowest BCUT2D eigenvalue weighted by Crippen LogP contribution is -2.38. The van der Waals surface area contributed by atoms with E-state index in [4.69, 9.17) is 4.74 Å². The molecule has 25 heavy (non-hydrogen) atoms. The summed E-state index contributed by atoms with van der Waals surface area (Å²) in [7, 11) is 0. The molecule has 0 saturated carbocycles. The van der Waals surface area contributed by atoms with E-state index in [1.54, 1.807) is 0 Å². The highest BCUT2D eigenvalue weighted by molar-refractivity contribution is 5.85. The Bertz CT molecular complexity index is 635. The van der Waals surface area contributed by atoms with Crippen LogP contribution in [-0.2, 0) is 16.0 Å². The number of fused-ring (bicyclic) bond motifs is 1. The number of amides is 2. The monoisotopic (exact) mass is 347 g/mol. The number of aryl methyl sites for hydroxylation is 1. The van der Waals surface area contributed by atoms with Crippen LogP contribution in [0.5, 0.6) is 0 Å². The zero-order valence-electron chi connectivity index (χ0n) is 15.7. The molecule has 0 saturated heterocycles. The summed E-state index contributed by atoms with van der Waals surface area (Å²) in [4.78, 5) is 23.6. The highest BCUT2D eigenvalue weighted by Crippen LogP contribution is 2.32. The summed E-state index contributed by atoms with van der Waals surface area (Å²) in [6.07, 6.45) is 1.41. The van der Waals surface area contributed by atoms with Crippen LogP contribution >= 0.6 is 0 Å². The smallest absolute Gasteiger partial charge is 0.412 e. The first-order valence-corrected chi connectivity index (χ1v) is 8.79. The summed E-state index contributed by atoms with van der Waals surface area (Å²) in [5, 5.41) is 8.96. The maximum atomic E-state index is 11.9. The van der Waals surface area contributed by atoms with Gasteiger partial charge < -0.3 is 15.4 Å². The van der Waals surface area contributed by atoms with Crippen LogP contribution in [0.3, 0.4) is 0 Å². The fourth-order valence-corrected chi connectivity index (χ4v) is 2.92. The van der Waals surface area contributed by atoms with Crippen LogP contribution in [0, 0.1) is 0 Å². The third-order valence-corrected chi connectivity index (χ3v) is 3.82.